The molecule has 4 nitrogen and oxygen atoms in total. The molecule has 0 spiro atoms. The number of rotatable bonds is 3. The van der Waals surface area contributed by atoms with E-state index in [0.717, 1.165) is 13.1 Å². The van der Waals surface area contributed by atoms with E-state index in [9.17, 15) is 9.90 Å². The highest BCUT2D eigenvalue weighted by molar-refractivity contribution is 6.35. The Hall–Kier alpha value is -1.88. The van der Waals surface area contributed by atoms with E-state index in [2.05, 4.69) is 17.3 Å². The second-order valence-electron chi connectivity index (χ2n) is 5.75. The number of nitrogens with one attached hydrogen (secondary N) is 1. The second-order valence-corrected chi connectivity index (χ2v) is 6.32. The van der Waals surface area contributed by atoms with Crippen LogP contribution in [0.15, 0.2) is 60.7 Å². The van der Waals surface area contributed by atoms with E-state index in [1.807, 2.05) is 12.1 Å². The number of carbonyl (C=O) groups is 1. The molecule has 0 atom stereocenters. The summed E-state index contributed by atoms with van der Waals surface area (Å²) in [6.07, 6.45) is 0. The molecule has 5 heteroatoms. The smallest absolute Gasteiger partial charge is 0.334 e. The topological polar surface area (TPSA) is 52.6 Å². The Kier molecular flexibility index (Phi) is 6.79. The van der Waals surface area contributed by atoms with Gasteiger partial charge in [-0.15, -0.1) is 0 Å². The first-order valence-corrected chi connectivity index (χ1v) is 8.35. The van der Waals surface area contributed by atoms with Gasteiger partial charge in [0.05, 0.1) is 0 Å². The summed E-state index contributed by atoms with van der Waals surface area (Å²) in [4.78, 5) is 12.3. The molecule has 0 radical (unpaired) electrons. The average molecular weight is 347 g/mol. The average Bonchev–Trinajstić information content (AvgIpc) is 2.63. The van der Waals surface area contributed by atoms with Crippen LogP contribution in [-0.4, -0.2) is 49.2 Å². The first-order valence-electron chi connectivity index (χ1n) is 7.97. The third-order valence-electron chi connectivity index (χ3n) is 3.98. The van der Waals surface area contributed by atoms with Crippen LogP contribution < -0.4 is 5.32 Å². The molecule has 24 heavy (non-hydrogen) atoms. The molecule has 2 N–H and O–H groups in total. The van der Waals surface area contributed by atoms with E-state index in [4.69, 9.17) is 11.6 Å². The van der Waals surface area contributed by atoms with Crippen molar-refractivity contribution in [1.29, 1.82) is 0 Å². The number of hydrogen-bond acceptors (Lipinski definition) is 3. The van der Waals surface area contributed by atoms with Gasteiger partial charge in [-0.25, -0.2) is 4.79 Å². The highest BCUT2D eigenvalue weighted by atomic mass is 35.5. The maximum Gasteiger partial charge on any atom is 0.334 e. The van der Waals surface area contributed by atoms with E-state index >= 15 is 0 Å². The quantitative estimate of drug-likeness (QED) is 0.839. The summed E-state index contributed by atoms with van der Waals surface area (Å²) in [6.45, 7) is 4.74. The SMILES string of the molecule is CN1CCNCC1.O=C(O)C(Cl)(c1ccccc1)c1ccccc1. The molecule has 0 bridgehead atoms. The Morgan fingerprint density at radius 1 is 1.00 bits per heavy atom. The lowest BCUT2D eigenvalue weighted by molar-refractivity contribution is -0.139. The van der Waals surface area contributed by atoms with E-state index < -0.39 is 10.8 Å². The zero-order valence-corrected chi connectivity index (χ0v) is 14.5. The summed E-state index contributed by atoms with van der Waals surface area (Å²) in [5.41, 5.74) is 1.11. The minimum absolute atomic E-state index is 0.556. The van der Waals surface area contributed by atoms with Crippen molar-refractivity contribution < 1.29 is 9.90 Å². The van der Waals surface area contributed by atoms with Crippen LogP contribution in [0.5, 0.6) is 0 Å². The fraction of sp³-hybridized carbons (Fsp3) is 0.316. The third-order valence-corrected chi connectivity index (χ3v) is 4.58. The van der Waals surface area contributed by atoms with Gasteiger partial charge in [-0.2, -0.15) is 0 Å². The van der Waals surface area contributed by atoms with Crippen LogP contribution in [0.4, 0.5) is 0 Å². The van der Waals surface area contributed by atoms with E-state index in [-0.39, 0.29) is 0 Å². The fourth-order valence-corrected chi connectivity index (χ4v) is 2.78. The van der Waals surface area contributed by atoms with Crippen LogP contribution in [0.2, 0.25) is 0 Å². The molecule has 1 aliphatic rings. The Morgan fingerprint density at radius 2 is 1.42 bits per heavy atom. The van der Waals surface area contributed by atoms with E-state index in [1.165, 1.54) is 13.1 Å². The first-order chi connectivity index (χ1) is 11.5. The lowest BCUT2D eigenvalue weighted by Crippen LogP contribution is -2.40. The molecule has 2 aromatic rings. The predicted molar refractivity (Wildman–Crippen MR) is 97.5 cm³/mol. The number of likely N-dealkylation sites (N-methyl/N-ethyl adjacent to an activating group) is 1. The summed E-state index contributed by atoms with van der Waals surface area (Å²) in [5, 5.41) is 12.7. The van der Waals surface area contributed by atoms with Gasteiger partial charge in [0.15, 0.2) is 4.87 Å². The number of carboxylic acids is 1. The molecule has 1 aliphatic heterocycles. The van der Waals surface area contributed by atoms with Crippen molar-refractivity contribution in [2.24, 2.45) is 0 Å². The number of hydrogen-bond donors (Lipinski definition) is 2. The number of nitrogens with zero attached hydrogens (tertiary/aromatic N) is 1. The normalized spacial score (nSPS) is 15.2. The highest BCUT2D eigenvalue weighted by Crippen LogP contribution is 2.36. The van der Waals surface area contributed by atoms with Crippen molar-refractivity contribution in [3.63, 3.8) is 0 Å². The van der Waals surface area contributed by atoms with Gasteiger partial charge in [-0.05, 0) is 18.2 Å². The zero-order valence-electron chi connectivity index (χ0n) is 13.8. The highest BCUT2D eigenvalue weighted by Gasteiger charge is 2.39. The largest absolute Gasteiger partial charge is 0.479 e. The van der Waals surface area contributed by atoms with Crippen molar-refractivity contribution in [3.8, 4) is 0 Å². The van der Waals surface area contributed by atoms with Crippen molar-refractivity contribution in [3.05, 3.63) is 71.8 Å². The molecule has 3 rings (SSSR count). The molecular formula is C19H23ClN2O2. The monoisotopic (exact) mass is 346 g/mol. The molecule has 0 amide bonds. The number of aliphatic carboxylic acids is 1. The standard InChI is InChI=1S/C14H11ClO2.C5H12N2/c15-14(13(16)17,11-7-3-1-4-8-11)12-9-5-2-6-10-12;1-7-4-2-6-3-5-7/h1-10H,(H,16,17);6H,2-5H2,1H3. The van der Waals surface area contributed by atoms with Gasteiger partial charge < -0.3 is 15.3 Å². The first kappa shape index (κ1) is 18.5. The van der Waals surface area contributed by atoms with Gasteiger partial charge in [-0.3, -0.25) is 0 Å². The molecule has 0 aromatic heterocycles. The van der Waals surface area contributed by atoms with Crippen LogP contribution in [0.1, 0.15) is 11.1 Å². The van der Waals surface area contributed by atoms with Crippen LogP contribution in [0, 0.1) is 0 Å². The summed E-state index contributed by atoms with van der Waals surface area (Å²) in [5.74, 6) is -1.07. The molecule has 1 heterocycles. The van der Waals surface area contributed by atoms with Gasteiger partial charge in [0, 0.05) is 26.2 Å². The summed E-state index contributed by atoms with van der Waals surface area (Å²) >= 11 is 6.33. The van der Waals surface area contributed by atoms with Crippen LogP contribution in [0.3, 0.4) is 0 Å². The molecular weight excluding hydrogens is 324 g/mol. The molecule has 0 unspecified atom stereocenters. The van der Waals surface area contributed by atoms with Gasteiger partial charge in [0.25, 0.3) is 0 Å². The predicted octanol–water partition coefficient (Wildman–Crippen LogP) is 2.78. The summed E-state index contributed by atoms with van der Waals surface area (Å²) < 4.78 is 0. The molecule has 1 fully saturated rings. The zero-order chi connectivity index (χ0) is 17.4. The lowest BCUT2D eigenvalue weighted by Gasteiger charge is -2.23. The molecule has 0 saturated carbocycles. The Balaban J connectivity index is 0.000000249. The number of benzene rings is 2. The molecule has 2 aromatic carbocycles. The van der Waals surface area contributed by atoms with E-state index in [0.29, 0.717) is 11.1 Å². The second kappa shape index (κ2) is 8.83. The van der Waals surface area contributed by atoms with Gasteiger partial charge in [0.1, 0.15) is 0 Å². The Morgan fingerprint density at radius 3 is 1.71 bits per heavy atom. The third kappa shape index (κ3) is 4.57. The van der Waals surface area contributed by atoms with Crippen molar-refractivity contribution in [2.75, 3.05) is 33.2 Å². The van der Waals surface area contributed by atoms with Gasteiger partial charge in [-0.1, -0.05) is 72.3 Å². The minimum Gasteiger partial charge on any atom is -0.479 e. The maximum atomic E-state index is 11.5. The van der Waals surface area contributed by atoms with Crippen molar-refractivity contribution in [1.82, 2.24) is 10.2 Å². The Labute approximate surface area is 148 Å². The van der Waals surface area contributed by atoms with Crippen LogP contribution in [-0.2, 0) is 9.67 Å². The molecule has 0 aliphatic carbocycles. The van der Waals surface area contributed by atoms with Crippen molar-refractivity contribution >= 4 is 17.6 Å². The van der Waals surface area contributed by atoms with Crippen LogP contribution >= 0.6 is 11.6 Å². The number of piperazine rings is 1. The maximum absolute atomic E-state index is 11.5. The lowest BCUT2D eigenvalue weighted by atomic mass is 9.90. The Bertz CT molecular complexity index is 589. The molecule has 128 valence electrons. The summed E-state index contributed by atoms with van der Waals surface area (Å²) in [6, 6.07) is 17.6. The molecule has 1 saturated heterocycles. The van der Waals surface area contributed by atoms with Crippen LogP contribution in [0.25, 0.3) is 0 Å². The van der Waals surface area contributed by atoms with Crippen molar-refractivity contribution in [2.45, 2.75) is 4.87 Å². The minimum atomic E-state index is -1.53. The summed E-state index contributed by atoms with van der Waals surface area (Å²) in [7, 11) is 2.15. The number of halogens is 1. The van der Waals surface area contributed by atoms with Gasteiger partial charge in [0.2, 0.25) is 0 Å². The van der Waals surface area contributed by atoms with E-state index in [1.54, 1.807) is 48.5 Å². The number of carboxylic acid groups (broad SMARTS) is 1. The van der Waals surface area contributed by atoms with Gasteiger partial charge >= 0.3 is 5.97 Å². The fourth-order valence-electron chi connectivity index (χ4n) is 2.53. The number of alkyl halides is 1.